The Balaban J connectivity index is 4.10. The van der Waals surface area contributed by atoms with Gasteiger partial charge in [-0.2, -0.15) is 12.6 Å². The Bertz CT molecular complexity index is 303. The molecule has 0 saturated carbocycles. The van der Waals surface area contributed by atoms with Crippen molar-refractivity contribution in [2.75, 3.05) is 11.9 Å². The predicted octanol–water partition coefficient (Wildman–Crippen LogP) is -0.557. The summed E-state index contributed by atoms with van der Waals surface area (Å²) in [6.45, 7) is 0. The zero-order valence-corrected chi connectivity index (χ0v) is 10.2. The Hall–Kier alpha value is -0.560. The lowest BCUT2D eigenvalue weighted by atomic mass is 10.2. The lowest BCUT2D eigenvalue weighted by molar-refractivity contribution is -0.141. The number of amides is 1. The minimum absolute atomic E-state index is 0.153. The van der Waals surface area contributed by atoms with Gasteiger partial charge in [-0.25, -0.2) is 4.79 Å². The van der Waals surface area contributed by atoms with Crippen LogP contribution in [0.3, 0.4) is 0 Å². The summed E-state index contributed by atoms with van der Waals surface area (Å²) < 4.78 is 10.5. The van der Waals surface area contributed by atoms with E-state index < -0.39 is 38.1 Å². The van der Waals surface area contributed by atoms with E-state index in [1.54, 1.807) is 0 Å². The topological polar surface area (TPSA) is 124 Å². The molecular formula is C7H14NO6PS. The summed E-state index contributed by atoms with van der Waals surface area (Å²) in [5, 5.41) is 10.8. The minimum Gasteiger partial charge on any atom is -0.480 e. The Morgan fingerprint density at radius 2 is 1.94 bits per heavy atom. The number of carboxylic acid groups (broad SMARTS) is 1. The van der Waals surface area contributed by atoms with Crippen molar-refractivity contribution in [2.45, 2.75) is 18.9 Å². The van der Waals surface area contributed by atoms with E-state index in [1.165, 1.54) is 0 Å². The number of hydrogen-bond acceptors (Lipinski definition) is 4. The molecule has 0 saturated heterocycles. The number of thiol groups is 1. The smallest absolute Gasteiger partial charge is 0.326 e. The van der Waals surface area contributed by atoms with Gasteiger partial charge in [-0.1, -0.05) is 0 Å². The van der Waals surface area contributed by atoms with Gasteiger partial charge in [0.15, 0.2) is 0 Å². The first-order valence-corrected chi connectivity index (χ1v) is 6.87. The Kier molecular flexibility index (Phi) is 6.66. The van der Waals surface area contributed by atoms with Crippen molar-refractivity contribution in [2.24, 2.45) is 0 Å². The molecule has 0 aromatic heterocycles. The molecule has 0 aromatic rings. The summed E-state index contributed by atoms with van der Waals surface area (Å²) in [7, 11) is -4.23. The van der Waals surface area contributed by atoms with E-state index in [0.29, 0.717) is 0 Å². The Labute approximate surface area is 97.8 Å². The first-order chi connectivity index (χ1) is 7.26. The third-order valence-corrected chi connectivity index (χ3v) is 2.75. The highest BCUT2D eigenvalue weighted by atomic mass is 32.1. The van der Waals surface area contributed by atoms with Gasteiger partial charge in [0, 0.05) is 6.42 Å². The van der Waals surface area contributed by atoms with Gasteiger partial charge in [0.25, 0.3) is 0 Å². The molecular weight excluding hydrogens is 257 g/mol. The van der Waals surface area contributed by atoms with Crippen molar-refractivity contribution >= 4 is 32.1 Å². The molecule has 0 aromatic carbocycles. The van der Waals surface area contributed by atoms with E-state index in [1.807, 2.05) is 0 Å². The van der Waals surface area contributed by atoms with Crippen molar-refractivity contribution in [1.82, 2.24) is 5.32 Å². The second kappa shape index (κ2) is 6.90. The SMILES string of the molecule is O=C(CCP(=O)(O)O)N[C@H](CCS)C(=O)O. The van der Waals surface area contributed by atoms with Crippen molar-refractivity contribution < 1.29 is 29.0 Å². The summed E-state index contributed by atoms with van der Waals surface area (Å²) >= 11 is 3.84. The van der Waals surface area contributed by atoms with Crippen LogP contribution in [0.25, 0.3) is 0 Å². The maximum absolute atomic E-state index is 11.1. The van der Waals surface area contributed by atoms with E-state index in [4.69, 9.17) is 14.9 Å². The van der Waals surface area contributed by atoms with E-state index in [0.717, 1.165) is 0 Å². The summed E-state index contributed by atoms with van der Waals surface area (Å²) in [5.74, 6) is -1.61. The molecule has 0 unspecified atom stereocenters. The zero-order valence-electron chi connectivity index (χ0n) is 8.37. The molecule has 1 amide bonds. The molecule has 16 heavy (non-hydrogen) atoms. The molecule has 1 atom stereocenters. The standard InChI is InChI=1S/C7H14NO6PS/c9-6(1-3-15(12,13)14)8-5(2-4-16)7(10)11/h5,16H,1-4H2,(H,8,9)(H,10,11)(H2,12,13,14)/t5-/m1/s1. The van der Waals surface area contributed by atoms with Crippen LogP contribution in [0, 0.1) is 0 Å². The van der Waals surface area contributed by atoms with Crippen LogP contribution in [0.15, 0.2) is 0 Å². The third-order valence-electron chi connectivity index (χ3n) is 1.68. The van der Waals surface area contributed by atoms with Crippen LogP contribution in [0.2, 0.25) is 0 Å². The second-order valence-electron chi connectivity index (χ2n) is 3.11. The molecule has 0 heterocycles. The molecule has 0 fully saturated rings. The molecule has 0 aliphatic carbocycles. The van der Waals surface area contributed by atoms with Gasteiger partial charge in [0.2, 0.25) is 5.91 Å². The molecule has 0 bridgehead atoms. The monoisotopic (exact) mass is 271 g/mol. The molecule has 0 aliphatic heterocycles. The van der Waals surface area contributed by atoms with E-state index in [2.05, 4.69) is 17.9 Å². The lowest BCUT2D eigenvalue weighted by Gasteiger charge is -2.13. The van der Waals surface area contributed by atoms with Crippen LogP contribution in [0.5, 0.6) is 0 Å². The molecule has 0 rings (SSSR count). The number of carbonyl (C=O) groups is 2. The van der Waals surface area contributed by atoms with Gasteiger partial charge in [-0.3, -0.25) is 9.36 Å². The third kappa shape index (κ3) is 7.70. The fourth-order valence-electron chi connectivity index (χ4n) is 0.900. The van der Waals surface area contributed by atoms with Crippen LogP contribution in [0.1, 0.15) is 12.8 Å². The molecule has 4 N–H and O–H groups in total. The van der Waals surface area contributed by atoms with Crippen LogP contribution in [-0.4, -0.2) is 44.7 Å². The number of carbonyl (C=O) groups excluding carboxylic acids is 1. The summed E-state index contributed by atoms with van der Waals surface area (Å²) in [4.78, 5) is 38.8. The summed E-state index contributed by atoms with van der Waals surface area (Å²) in [5.41, 5.74) is 0. The van der Waals surface area contributed by atoms with Gasteiger partial charge in [0.05, 0.1) is 6.16 Å². The number of aliphatic carboxylic acids is 1. The average molecular weight is 271 g/mol. The molecule has 0 spiro atoms. The molecule has 7 nitrogen and oxygen atoms in total. The van der Waals surface area contributed by atoms with Gasteiger partial charge in [-0.15, -0.1) is 0 Å². The Morgan fingerprint density at radius 3 is 2.31 bits per heavy atom. The minimum atomic E-state index is -4.23. The summed E-state index contributed by atoms with van der Waals surface area (Å²) in [6, 6.07) is -1.07. The lowest BCUT2D eigenvalue weighted by Crippen LogP contribution is -2.41. The normalized spacial score (nSPS) is 13.2. The van der Waals surface area contributed by atoms with Crippen LogP contribution in [-0.2, 0) is 14.2 Å². The Morgan fingerprint density at radius 1 is 1.38 bits per heavy atom. The van der Waals surface area contributed by atoms with Crippen LogP contribution in [0.4, 0.5) is 0 Å². The summed E-state index contributed by atoms with van der Waals surface area (Å²) in [6.07, 6.45) is -0.841. The zero-order chi connectivity index (χ0) is 12.8. The first kappa shape index (κ1) is 15.4. The highest BCUT2D eigenvalue weighted by molar-refractivity contribution is 7.80. The van der Waals surface area contributed by atoms with Crippen molar-refractivity contribution in [3.8, 4) is 0 Å². The van der Waals surface area contributed by atoms with Crippen molar-refractivity contribution in [1.29, 1.82) is 0 Å². The van der Waals surface area contributed by atoms with Crippen LogP contribution >= 0.6 is 20.2 Å². The van der Waals surface area contributed by atoms with Gasteiger partial charge in [-0.05, 0) is 12.2 Å². The van der Waals surface area contributed by atoms with E-state index in [-0.39, 0.29) is 12.2 Å². The molecule has 0 aliphatic rings. The van der Waals surface area contributed by atoms with Crippen molar-refractivity contribution in [3.63, 3.8) is 0 Å². The largest absolute Gasteiger partial charge is 0.480 e. The maximum Gasteiger partial charge on any atom is 0.326 e. The number of carboxylic acids is 1. The maximum atomic E-state index is 11.1. The average Bonchev–Trinajstić information content (AvgIpc) is 2.13. The fourth-order valence-corrected chi connectivity index (χ4v) is 1.65. The molecule has 94 valence electrons. The number of nitrogens with one attached hydrogen (secondary N) is 1. The molecule has 0 radical (unpaired) electrons. The van der Waals surface area contributed by atoms with E-state index in [9.17, 15) is 14.2 Å². The first-order valence-electron chi connectivity index (χ1n) is 4.44. The fraction of sp³-hybridized carbons (Fsp3) is 0.714. The second-order valence-corrected chi connectivity index (χ2v) is 5.33. The quantitative estimate of drug-likeness (QED) is 0.312. The van der Waals surface area contributed by atoms with E-state index >= 15 is 0 Å². The van der Waals surface area contributed by atoms with Gasteiger partial charge < -0.3 is 20.2 Å². The van der Waals surface area contributed by atoms with Crippen molar-refractivity contribution in [3.05, 3.63) is 0 Å². The highest BCUT2D eigenvalue weighted by Crippen LogP contribution is 2.34. The predicted molar refractivity (Wildman–Crippen MR) is 59.6 cm³/mol. The highest BCUT2D eigenvalue weighted by Gasteiger charge is 2.21. The molecule has 9 heteroatoms. The van der Waals surface area contributed by atoms with Crippen LogP contribution < -0.4 is 5.32 Å². The number of hydrogen-bond donors (Lipinski definition) is 5. The number of rotatable bonds is 7. The van der Waals surface area contributed by atoms with Gasteiger partial charge >= 0.3 is 13.6 Å². The van der Waals surface area contributed by atoms with Gasteiger partial charge in [0.1, 0.15) is 6.04 Å².